The van der Waals surface area contributed by atoms with Gasteiger partial charge in [0.15, 0.2) is 0 Å². The molecule has 2 atom stereocenters. The molecule has 0 unspecified atom stereocenters. The summed E-state index contributed by atoms with van der Waals surface area (Å²) in [6, 6.07) is 1.01. The third-order valence-corrected chi connectivity index (χ3v) is 5.76. The predicted molar refractivity (Wildman–Crippen MR) is 87.0 cm³/mol. The van der Waals surface area contributed by atoms with Crippen LogP contribution in [0.1, 0.15) is 32.1 Å². The molecule has 118 valence electrons. The normalized spacial score (nSPS) is 28.7. The minimum Gasteiger partial charge on any atom is -0.355 e. The Kier molecular flexibility index (Phi) is 3.72. The Labute approximate surface area is 135 Å². The van der Waals surface area contributed by atoms with Gasteiger partial charge in [0.25, 0.3) is 0 Å². The zero-order chi connectivity index (χ0) is 15.1. The molecular weight excluding hydrogens is 296 g/mol. The molecule has 5 nitrogen and oxygen atoms in total. The molecule has 4 rings (SSSR count). The first kappa shape index (κ1) is 14.3. The van der Waals surface area contributed by atoms with Gasteiger partial charge in [-0.3, -0.25) is 9.78 Å². The Bertz CT molecular complexity index is 577. The van der Waals surface area contributed by atoms with Crippen LogP contribution in [0.3, 0.4) is 0 Å². The number of amides is 1. The molecule has 1 aliphatic carbocycles. The highest BCUT2D eigenvalue weighted by Crippen LogP contribution is 2.39. The number of likely N-dealkylation sites (tertiary alicyclic amines) is 1. The zero-order valence-electron chi connectivity index (χ0n) is 12.9. The minimum atomic E-state index is 0.390. The maximum absolute atomic E-state index is 12.3. The van der Waals surface area contributed by atoms with Crippen LogP contribution < -0.4 is 4.90 Å². The summed E-state index contributed by atoms with van der Waals surface area (Å²) in [6.07, 6.45) is 10.9. The number of rotatable bonds is 3. The molecule has 0 spiro atoms. The van der Waals surface area contributed by atoms with Crippen molar-refractivity contribution in [1.82, 2.24) is 14.9 Å². The van der Waals surface area contributed by atoms with Crippen LogP contribution in [0.15, 0.2) is 17.4 Å². The Morgan fingerprint density at radius 2 is 2.09 bits per heavy atom. The Morgan fingerprint density at radius 1 is 1.23 bits per heavy atom. The van der Waals surface area contributed by atoms with Gasteiger partial charge in [-0.05, 0) is 37.9 Å². The number of piperidine rings is 2. The van der Waals surface area contributed by atoms with Crippen molar-refractivity contribution in [2.24, 2.45) is 5.92 Å². The molecule has 0 radical (unpaired) electrons. The number of hydrogen-bond donors (Lipinski definition) is 0. The molecule has 0 bridgehead atoms. The molecular formula is C16H22N4OS. The molecule has 3 heterocycles. The molecule has 2 saturated heterocycles. The molecule has 1 amide bonds. The van der Waals surface area contributed by atoms with Crippen molar-refractivity contribution in [3.05, 3.63) is 12.4 Å². The largest absolute Gasteiger partial charge is 0.355 e. The van der Waals surface area contributed by atoms with Crippen LogP contribution >= 0.6 is 11.8 Å². The number of thioether (sulfide) groups is 1. The topological polar surface area (TPSA) is 49.3 Å². The summed E-state index contributed by atoms with van der Waals surface area (Å²) >= 11 is 1.63. The maximum Gasteiger partial charge on any atom is 0.223 e. The Balaban J connectivity index is 1.50. The first-order valence-corrected chi connectivity index (χ1v) is 9.41. The van der Waals surface area contributed by atoms with Crippen LogP contribution in [0.2, 0.25) is 0 Å². The molecule has 1 aromatic heterocycles. The summed E-state index contributed by atoms with van der Waals surface area (Å²) in [6.45, 7) is 1.98. The second kappa shape index (κ2) is 5.72. The van der Waals surface area contributed by atoms with E-state index < -0.39 is 0 Å². The van der Waals surface area contributed by atoms with Gasteiger partial charge in [0.1, 0.15) is 10.8 Å². The lowest BCUT2D eigenvalue weighted by atomic mass is 9.83. The predicted octanol–water partition coefficient (Wildman–Crippen LogP) is 2.18. The van der Waals surface area contributed by atoms with Crippen LogP contribution in [0, 0.1) is 5.92 Å². The van der Waals surface area contributed by atoms with Crippen molar-refractivity contribution in [3.8, 4) is 0 Å². The first-order valence-electron chi connectivity index (χ1n) is 8.18. The average molecular weight is 318 g/mol. The molecule has 0 N–H and O–H groups in total. The lowest BCUT2D eigenvalue weighted by Gasteiger charge is -2.47. The summed E-state index contributed by atoms with van der Waals surface area (Å²) in [7, 11) is 0. The van der Waals surface area contributed by atoms with Crippen molar-refractivity contribution in [1.29, 1.82) is 0 Å². The van der Waals surface area contributed by atoms with Crippen LogP contribution in [0.5, 0.6) is 0 Å². The molecule has 6 heteroatoms. The fraction of sp³-hybridized carbons (Fsp3) is 0.688. The third-order valence-electron chi connectivity index (χ3n) is 5.14. The summed E-state index contributed by atoms with van der Waals surface area (Å²) < 4.78 is 0. The maximum atomic E-state index is 12.3. The van der Waals surface area contributed by atoms with Gasteiger partial charge in [0.05, 0.1) is 12.4 Å². The molecule has 2 aliphatic heterocycles. The van der Waals surface area contributed by atoms with E-state index in [1.54, 1.807) is 11.8 Å². The van der Waals surface area contributed by atoms with Crippen LogP contribution in [0.25, 0.3) is 0 Å². The number of nitrogens with zero attached hydrogens (tertiary/aromatic N) is 4. The number of aromatic nitrogens is 2. The highest BCUT2D eigenvalue weighted by atomic mass is 32.2. The van der Waals surface area contributed by atoms with Crippen LogP contribution in [-0.4, -0.2) is 52.2 Å². The van der Waals surface area contributed by atoms with Crippen molar-refractivity contribution < 1.29 is 4.79 Å². The van der Waals surface area contributed by atoms with Gasteiger partial charge in [0.2, 0.25) is 5.91 Å². The molecule has 22 heavy (non-hydrogen) atoms. The number of carbonyl (C=O) groups excluding carboxylic acids is 1. The number of carbonyl (C=O) groups is 1. The van der Waals surface area contributed by atoms with Gasteiger partial charge in [0, 0.05) is 31.6 Å². The summed E-state index contributed by atoms with van der Waals surface area (Å²) in [5.74, 6) is 1.97. The van der Waals surface area contributed by atoms with Gasteiger partial charge in [-0.1, -0.05) is 0 Å². The van der Waals surface area contributed by atoms with E-state index in [1.165, 1.54) is 12.8 Å². The van der Waals surface area contributed by atoms with Gasteiger partial charge < -0.3 is 9.80 Å². The molecule has 1 aromatic rings. The van der Waals surface area contributed by atoms with Crippen LogP contribution in [0.4, 0.5) is 5.82 Å². The minimum absolute atomic E-state index is 0.390. The summed E-state index contributed by atoms with van der Waals surface area (Å²) in [4.78, 5) is 25.8. The van der Waals surface area contributed by atoms with Gasteiger partial charge in [-0.25, -0.2) is 4.98 Å². The summed E-state index contributed by atoms with van der Waals surface area (Å²) in [5.41, 5.74) is 0. The van der Waals surface area contributed by atoms with Crippen molar-refractivity contribution >= 4 is 23.5 Å². The van der Waals surface area contributed by atoms with Crippen molar-refractivity contribution in [2.75, 3.05) is 24.2 Å². The van der Waals surface area contributed by atoms with E-state index >= 15 is 0 Å². The lowest BCUT2D eigenvalue weighted by molar-refractivity contribution is -0.140. The molecule has 0 aromatic carbocycles. The van der Waals surface area contributed by atoms with Crippen LogP contribution in [-0.2, 0) is 4.79 Å². The second-order valence-corrected chi connectivity index (χ2v) is 7.38. The fourth-order valence-electron chi connectivity index (χ4n) is 3.92. The smallest absolute Gasteiger partial charge is 0.223 e. The van der Waals surface area contributed by atoms with E-state index in [-0.39, 0.29) is 0 Å². The van der Waals surface area contributed by atoms with E-state index in [9.17, 15) is 4.79 Å². The van der Waals surface area contributed by atoms with Gasteiger partial charge in [-0.2, -0.15) is 0 Å². The quantitative estimate of drug-likeness (QED) is 0.800. The van der Waals surface area contributed by atoms with E-state index in [0.717, 1.165) is 43.2 Å². The molecule has 3 fully saturated rings. The first-order chi connectivity index (χ1) is 10.8. The highest BCUT2D eigenvalue weighted by molar-refractivity contribution is 7.98. The molecule has 3 aliphatic rings. The Hall–Kier alpha value is -1.30. The van der Waals surface area contributed by atoms with Crippen molar-refractivity contribution in [3.63, 3.8) is 0 Å². The number of anilines is 1. The van der Waals surface area contributed by atoms with Gasteiger partial charge in [-0.15, -0.1) is 11.8 Å². The van der Waals surface area contributed by atoms with E-state index in [1.807, 2.05) is 18.6 Å². The lowest BCUT2D eigenvalue weighted by Crippen LogP contribution is -2.56. The second-order valence-electron chi connectivity index (χ2n) is 6.55. The fourth-order valence-corrected chi connectivity index (χ4v) is 4.27. The monoisotopic (exact) mass is 318 g/mol. The molecule has 1 saturated carbocycles. The van der Waals surface area contributed by atoms with E-state index in [4.69, 9.17) is 0 Å². The standard InChI is InChI=1S/C16H22N4OS/c1-22-15-9-17-8-14(18-15)19-7-6-13-11(10-19)2-5-16(21)20(13)12-3-4-12/h8-9,11-13H,2-7,10H2,1H3/t11-,13-/m1/s1. The number of hydrogen-bond acceptors (Lipinski definition) is 5. The highest BCUT2D eigenvalue weighted by Gasteiger charge is 2.45. The SMILES string of the molecule is CSc1cncc(N2CC[C@@H]3[C@H](CCC(=O)N3C3CC3)C2)n1. The zero-order valence-corrected chi connectivity index (χ0v) is 13.8. The van der Waals surface area contributed by atoms with E-state index in [2.05, 4.69) is 19.8 Å². The van der Waals surface area contributed by atoms with E-state index in [0.29, 0.717) is 23.9 Å². The average Bonchev–Trinajstić information content (AvgIpc) is 3.39. The summed E-state index contributed by atoms with van der Waals surface area (Å²) in [5, 5.41) is 0.970. The van der Waals surface area contributed by atoms with Crippen molar-refractivity contribution in [2.45, 2.75) is 49.2 Å². The van der Waals surface area contributed by atoms with Gasteiger partial charge >= 0.3 is 0 Å². The number of fused-ring (bicyclic) bond motifs is 1. The third kappa shape index (κ3) is 2.57. The Morgan fingerprint density at radius 3 is 2.86 bits per heavy atom.